The van der Waals surface area contributed by atoms with Crippen LogP contribution in [0.15, 0.2) is 69.1 Å². The smallest absolute Gasteiger partial charge is 0.270 e. The molecule has 0 saturated carbocycles. The summed E-state index contributed by atoms with van der Waals surface area (Å²) in [6.07, 6.45) is 1.39. The number of nitrogens with zero attached hydrogens (tertiary/aromatic N) is 1. The first-order chi connectivity index (χ1) is 15.4. The van der Waals surface area contributed by atoms with Crippen LogP contribution in [0.4, 0.5) is 5.69 Å². The Bertz CT molecular complexity index is 1270. The molecule has 0 atom stereocenters. The average Bonchev–Trinajstić information content (AvgIpc) is 3.25. The van der Waals surface area contributed by atoms with Gasteiger partial charge in [-0.3, -0.25) is 14.9 Å². The number of thiocarbonyl (C=S) groups is 1. The van der Waals surface area contributed by atoms with Crippen molar-refractivity contribution in [3.63, 3.8) is 0 Å². The van der Waals surface area contributed by atoms with Crippen LogP contribution >= 0.6 is 28.1 Å². The van der Waals surface area contributed by atoms with Gasteiger partial charge in [-0.25, -0.2) is 4.90 Å². The fourth-order valence-corrected chi connectivity index (χ4v) is 3.89. The molecule has 1 saturated heterocycles. The van der Waals surface area contributed by atoms with E-state index in [-0.39, 0.29) is 10.7 Å². The summed E-state index contributed by atoms with van der Waals surface area (Å²) in [5.74, 6) is 0.674. The number of benzene rings is 2. The van der Waals surface area contributed by atoms with Gasteiger partial charge < -0.3 is 13.9 Å². The van der Waals surface area contributed by atoms with Crippen molar-refractivity contribution >= 4 is 56.8 Å². The lowest BCUT2D eigenvalue weighted by Gasteiger charge is -2.29. The zero-order valence-electron chi connectivity index (χ0n) is 17.0. The van der Waals surface area contributed by atoms with Gasteiger partial charge in [0.25, 0.3) is 11.8 Å². The highest BCUT2D eigenvalue weighted by Gasteiger charge is 2.36. The van der Waals surface area contributed by atoms with E-state index in [2.05, 4.69) is 21.2 Å². The summed E-state index contributed by atoms with van der Waals surface area (Å²) in [5, 5.41) is 2.50. The molecule has 0 spiro atoms. The number of carbonyl (C=O) groups excluding carboxylic acids is 2. The quantitative estimate of drug-likeness (QED) is 0.306. The SMILES string of the molecule is COc1ccc(N2C(=O)/C(=C/c3ccc(-c4cccc(Br)c4)o3)C(=O)NC2=S)c(OC)c1. The highest BCUT2D eigenvalue weighted by molar-refractivity contribution is 9.10. The van der Waals surface area contributed by atoms with E-state index in [1.54, 1.807) is 30.3 Å². The van der Waals surface area contributed by atoms with E-state index in [1.165, 1.54) is 25.2 Å². The Hall–Kier alpha value is -3.43. The molecule has 1 aliphatic rings. The molecule has 1 aliphatic heterocycles. The van der Waals surface area contributed by atoms with Crippen LogP contribution in [0.25, 0.3) is 17.4 Å². The van der Waals surface area contributed by atoms with Gasteiger partial charge in [0.15, 0.2) is 5.11 Å². The molecule has 7 nitrogen and oxygen atoms in total. The minimum Gasteiger partial charge on any atom is -0.497 e. The molecule has 1 fully saturated rings. The molecule has 0 aliphatic carbocycles. The molecular formula is C23H17BrN2O5S. The summed E-state index contributed by atoms with van der Waals surface area (Å²) in [5.41, 5.74) is 1.12. The van der Waals surface area contributed by atoms with Crippen molar-refractivity contribution in [3.05, 3.63) is 70.4 Å². The number of furan rings is 1. The number of carbonyl (C=O) groups is 2. The molecule has 9 heteroatoms. The van der Waals surface area contributed by atoms with Gasteiger partial charge in [0.05, 0.1) is 19.9 Å². The molecule has 0 radical (unpaired) electrons. The fraction of sp³-hybridized carbons (Fsp3) is 0.0870. The van der Waals surface area contributed by atoms with Gasteiger partial charge >= 0.3 is 0 Å². The Morgan fingerprint density at radius 3 is 2.59 bits per heavy atom. The molecule has 2 aromatic carbocycles. The third-order valence-electron chi connectivity index (χ3n) is 4.75. The fourth-order valence-electron chi connectivity index (χ4n) is 3.22. The first-order valence-electron chi connectivity index (χ1n) is 9.40. The van der Waals surface area contributed by atoms with E-state index in [9.17, 15) is 9.59 Å². The third-order valence-corrected chi connectivity index (χ3v) is 5.53. The highest BCUT2D eigenvalue weighted by atomic mass is 79.9. The number of methoxy groups -OCH3 is 2. The Morgan fingerprint density at radius 2 is 1.88 bits per heavy atom. The molecule has 32 heavy (non-hydrogen) atoms. The first-order valence-corrected chi connectivity index (χ1v) is 10.6. The predicted octanol–water partition coefficient (Wildman–Crippen LogP) is 4.56. The molecule has 162 valence electrons. The van der Waals surface area contributed by atoms with Crippen molar-refractivity contribution in [1.82, 2.24) is 5.32 Å². The molecule has 2 heterocycles. The molecule has 3 aromatic rings. The monoisotopic (exact) mass is 512 g/mol. The van der Waals surface area contributed by atoms with E-state index in [1.807, 2.05) is 24.3 Å². The van der Waals surface area contributed by atoms with Gasteiger partial charge in [-0.15, -0.1) is 0 Å². The van der Waals surface area contributed by atoms with E-state index in [0.29, 0.717) is 28.7 Å². The second-order valence-corrected chi connectivity index (χ2v) is 8.01. The Balaban J connectivity index is 1.70. The van der Waals surface area contributed by atoms with E-state index in [4.69, 9.17) is 26.1 Å². The standard InChI is InChI=1S/C23H17BrN2O5S/c1-29-15-6-8-18(20(12-15)30-2)26-22(28)17(21(27)25-23(26)32)11-16-7-9-19(31-16)13-4-3-5-14(24)10-13/h3-12H,1-2H3,(H,25,27,32)/b17-11+. The topological polar surface area (TPSA) is 81.0 Å². The van der Waals surface area contributed by atoms with Gasteiger partial charge in [-0.05, 0) is 54.7 Å². The van der Waals surface area contributed by atoms with E-state index >= 15 is 0 Å². The van der Waals surface area contributed by atoms with Gasteiger partial charge in [-0.2, -0.15) is 0 Å². The van der Waals surface area contributed by atoms with Crippen molar-refractivity contribution in [3.8, 4) is 22.8 Å². The lowest BCUT2D eigenvalue weighted by atomic mass is 10.1. The van der Waals surface area contributed by atoms with Crippen molar-refractivity contribution < 1.29 is 23.5 Å². The van der Waals surface area contributed by atoms with Gasteiger partial charge in [0.1, 0.15) is 28.6 Å². The first kappa shape index (κ1) is 21.8. The molecular weight excluding hydrogens is 496 g/mol. The molecule has 2 amide bonds. The Labute approximate surface area is 197 Å². The second-order valence-electron chi connectivity index (χ2n) is 6.71. The van der Waals surface area contributed by atoms with Crippen LogP contribution in [0.1, 0.15) is 5.76 Å². The average molecular weight is 513 g/mol. The van der Waals surface area contributed by atoms with Crippen molar-refractivity contribution in [2.75, 3.05) is 19.1 Å². The summed E-state index contributed by atoms with van der Waals surface area (Å²) in [6.45, 7) is 0. The van der Waals surface area contributed by atoms with Crippen LogP contribution in [0, 0.1) is 0 Å². The third kappa shape index (κ3) is 4.17. The number of halogens is 1. The minimum absolute atomic E-state index is 0.0464. The maximum absolute atomic E-state index is 13.3. The highest BCUT2D eigenvalue weighted by Crippen LogP contribution is 2.34. The summed E-state index contributed by atoms with van der Waals surface area (Å²) in [4.78, 5) is 27.0. The van der Waals surface area contributed by atoms with Crippen LogP contribution in [0.3, 0.4) is 0 Å². The Kier molecular flexibility index (Phi) is 6.11. The van der Waals surface area contributed by atoms with Gasteiger partial charge in [0, 0.05) is 16.1 Å². The second kappa shape index (κ2) is 8.97. The van der Waals surface area contributed by atoms with Crippen molar-refractivity contribution in [1.29, 1.82) is 0 Å². The number of rotatable bonds is 5. The molecule has 1 N–H and O–H groups in total. The summed E-state index contributed by atoms with van der Waals surface area (Å²) in [7, 11) is 3.00. The predicted molar refractivity (Wildman–Crippen MR) is 128 cm³/mol. The molecule has 1 aromatic heterocycles. The van der Waals surface area contributed by atoms with Crippen LogP contribution in [-0.2, 0) is 9.59 Å². The van der Waals surface area contributed by atoms with E-state index < -0.39 is 11.8 Å². The normalized spacial score (nSPS) is 15.2. The number of hydrogen-bond acceptors (Lipinski definition) is 6. The zero-order valence-corrected chi connectivity index (χ0v) is 19.5. The number of nitrogens with one attached hydrogen (secondary N) is 1. The van der Waals surface area contributed by atoms with Gasteiger partial charge in [0.2, 0.25) is 0 Å². The van der Waals surface area contributed by atoms with Crippen LogP contribution in [0.2, 0.25) is 0 Å². The van der Waals surface area contributed by atoms with Gasteiger partial charge in [-0.1, -0.05) is 28.1 Å². The minimum atomic E-state index is -0.607. The van der Waals surface area contributed by atoms with E-state index in [0.717, 1.165) is 10.0 Å². The summed E-state index contributed by atoms with van der Waals surface area (Å²) < 4.78 is 17.3. The molecule has 4 rings (SSSR count). The summed E-state index contributed by atoms with van der Waals surface area (Å²) >= 11 is 8.69. The van der Waals surface area contributed by atoms with Crippen molar-refractivity contribution in [2.24, 2.45) is 0 Å². The molecule has 0 unspecified atom stereocenters. The number of anilines is 1. The number of amides is 2. The Morgan fingerprint density at radius 1 is 1.06 bits per heavy atom. The van der Waals surface area contributed by atoms with Crippen molar-refractivity contribution in [2.45, 2.75) is 0 Å². The number of ether oxygens (including phenoxy) is 2. The van der Waals surface area contributed by atoms with Crippen LogP contribution in [-0.4, -0.2) is 31.1 Å². The zero-order chi connectivity index (χ0) is 22.8. The summed E-state index contributed by atoms with van der Waals surface area (Å²) in [6, 6.07) is 16.0. The number of hydrogen-bond donors (Lipinski definition) is 1. The van der Waals surface area contributed by atoms with Crippen LogP contribution in [0.5, 0.6) is 11.5 Å². The maximum Gasteiger partial charge on any atom is 0.270 e. The maximum atomic E-state index is 13.3. The lowest BCUT2D eigenvalue weighted by Crippen LogP contribution is -2.54. The largest absolute Gasteiger partial charge is 0.497 e. The molecule has 0 bridgehead atoms. The lowest BCUT2D eigenvalue weighted by molar-refractivity contribution is -0.122. The van der Waals surface area contributed by atoms with Crippen LogP contribution < -0.4 is 19.7 Å².